The van der Waals surface area contributed by atoms with Gasteiger partial charge in [-0.1, -0.05) is 17.7 Å². The number of methoxy groups -OCH3 is 1. The molecular weight excluding hydrogens is 300 g/mol. The van der Waals surface area contributed by atoms with Gasteiger partial charge < -0.3 is 10.5 Å². The predicted octanol–water partition coefficient (Wildman–Crippen LogP) is 1.47. The van der Waals surface area contributed by atoms with Gasteiger partial charge in [-0.3, -0.25) is 0 Å². The van der Waals surface area contributed by atoms with Crippen molar-refractivity contribution < 1.29 is 13.2 Å². The second-order valence-corrected chi connectivity index (χ2v) is 7.17. The standard InChI is InChI=1S/C13H19ClN2O3S/c1-19-12-5-6-16(11(8-12)9-15)20(17,18)13-4-2-3-10(14)7-13/h2-4,7,11-12H,5-6,8-9,15H2,1H3. The summed E-state index contributed by atoms with van der Waals surface area (Å²) in [7, 11) is -1.93. The van der Waals surface area contributed by atoms with Crippen molar-refractivity contribution in [2.75, 3.05) is 20.2 Å². The number of piperidine rings is 1. The minimum absolute atomic E-state index is 0.0642. The smallest absolute Gasteiger partial charge is 0.243 e. The molecule has 112 valence electrons. The lowest BCUT2D eigenvalue weighted by atomic mass is 10.0. The molecule has 7 heteroatoms. The number of nitrogens with zero attached hydrogens (tertiary/aromatic N) is 1. The quantitative estimate of drug-likeness (QED) is 0.912. The molecular formula is C13H19ClN2O3S. The first-order valence-corrected chi connectivity index (χ1v) is 8.31. The van der Waals surface area contributed by atoms with Gasteiger partial charge in [0.2, 0.25) is 10.0 Å². The van der Waals surface area contributed by atoms with Gasteiger partial charge in [0.05, 0.1) is 11.0 Å². The first kappa shape index (κ1) is 15.7. The number of sulfonamides is 1. The van der Waals surface area contributed by atoms with Crippen LogP contribution in [-0.4, -0.2) is 45.1 Å². The van der Waals surface area contributed by atoms with E-state index in [4.69, 9.17) is 22.1 Å². The van der Waals surface area contributed by atoms with Gasteiger partial charge in [-0.2, -0.15) is 4.31 Å². The number of benzene rings is 1. The Balaban J connectivity index is 2.29. The maximum absolute atomic E-state index is 12.7. The van der Waals surface area contributed by atoms with E-state index >= 15 is 0 Å². The Bertz CT molecular complexity index is 564. The summed E-state index contributed by atoms with van der Waals surface area (Å²) < 4.78 is 32.1. The van der Waals surface area contributed by atoms with E-state index < -0.39 is 10.0 Å². The van der Waals surface area contributed by atoms with Crippen molar-refractivity contribution in [3.8, 4) is 0 Å². The number of halogens is 1. The molecule has 0 aliphatic carbocycles. The van der Waals surface area contributed by atoms with E-state index in [1.807, 2.05) is 0 Å². The molecule has 2 atom stereocenters. The van der Waals surface area contributed by atoms with Crippen LogP contribution in [0, 0.1) is 0 Å². The summed E-state index contributed by atoms with van der Waals surface area (Å²) in [6.45, 7) is 0.689. The molecule has 1 aromatic carbocycles. The van der Waals surface area contributed by atoms with Gasteiger partial charge >= 0.3 is 0 Å². The Morgan fingerprint density at radius 1 is 1.50 bits per heavy atom. The van der Waals surface area contributed by atoms with Crippen LogP contribution in [0.3, 0.4) is 0 Å². The van der Waals surface area contributed by atoms with Gasteiger partial charge in [0, 0.05) is 31.3 Å². The van der Waals surface area contributed by atoms with Crippen LogP contribution in [-0.2, 0) is 14.8 Å². The second-order valence-electron chi connectivity index (χ2n) is 4.84. The van der Waals surface area contributed by atoms with Crippen molar-refractivity contribution in [1.82, 2.24) is 4.31 Å². The highest BCUT2D eigenvalue weighted by Gasteiger charge is 2.36. The normalized spacial score (nSPS) is 24.8. The van der Waals surface area contributed by atoms with Crippen LogP contribution in [0.2, 0.25) is 5.02 Å². The first-order chi connectivity index (χ1) is 9.48. The van der Waals surface area contributed by atoms with E-state index in [-0.39, 0.29) is 23.6 Å². The minimum Gasteiger partial charge on any atom is -0.381 e. The summed E-state index contributed by atoms with van der Waals surface area (Å²) in [4.78, 5) is 0.208. The fourth-order valence-electron chi connectivity index (χ4n) is 2.50. The summed E-state index contributed by atoms with van der Waals surface area (Å²) in [5.41, 5.74) is 5.73. The molecule has 1 heterocycles. The third kappa shape index (κ3) is 3.15. The van der Waals surface area contributed by atoms with E-state index in [1.165, 1.54) is 10.4 Å². The fraction of sp³-hybridized carbons (Fsp3) is 0.538. The van der Waals surface area contributed by atoms with Gasteiger partial charge in [0.25, 0.3) is 0 Å². The molecule has 2 unspecified atom stereocenters. The lowest BCUT2D eigenvalue weighted by Crippen LogP contribution is -2.51. The summed E-state index contributed by atoms with van der Waals surface area (Å²) in [6, 6.07) is 6.06. The number of rotatable bonds is 4. The average Bonchev–Trinajstić information content (AvgIpc) is 2.46. The zero-order chi connectivity index (χ0) is 14.8. The summed E-state index contributed by atoms with van der Waals surface area (Å²) >= 11 is 5.88. The highest BCUT2D eigenvalue weighted by Crippen LogP contribution is 2.27. The lowest BCUT2D eigenvalue weighted by molar-refractivity contribution is 0.0401. The van der Waals surface area contributed by atoms with Gasteiger partial charge in [-0.25, -0.2) is 8.42 Å². The van der Waals surface area contributed by atoms with Crippen LogP contribution in [0.5, 0.6) is 0 Å². The maximum Gasteiger partial charge on any atom is 0.243 e. The summed E-state index contributed by atoms with van der Waals surface area (Å²) in [5.74, 6) is 0. The van der Waals surface area contributed by atoms with E-state index in [9.17, 15) is 8.42 Å². The molecule has 0 spiro atoms. The van der Waals surface area contributed by atoms with Crippen molar-refractivity contribution in [2.45, 2.75) is 29.9 Å². The molecule has 0 aromatic heterocycles. The largest absolute Gasteiger partial charge is 0.381 e. The van der Waals surface area contributed by atoms with Gasteiger partial charge in [-0.05, 0) is 31.0 Å². The summed E-state index contributed by atoms with van der Waals surface area (Å²) in [5, 5.41) is 0.405. The highest BCUT2D eigenvalue weighted by molar-refractivity contribution is 7.89. The van der Waals surface area contributed by atoms with Crippen molar-refractivity contribution >= 4 is 21.6 Å². The summed E-state index contributed by atoms with van der Waals surface area (Å²) in [6.07, 6.45) is 1.36. The van der Waals surface area contributed by atoms with E-state index in [0.29, 0.717) is 24.4 Å². The lowest BCUT2D eigenvalue weighted by Gasteiger charge is -2.37. The molecule has 1 fully saturated rings. The Hall–Kier alpha value is -0.660. The van der Waals surface area contributed by atoms with E-state index in [2.05, 4.69) is 0 Å². The average molecular weight is 319 g/mol. The molecule has 1 saturated heterocycles. The van der Waals surface area contributed by atoms with E-state index in [0.717, 1.165) is 0 Å². The Morgan fingerprint density at radius 3 is 2.85 bits per heavy atom. The molecule has 1 aliphatic rings. The van der Waals surface area contributed by atoms with E-state index in [1.54, 1.807) is 25.3 Å². The van der Waals surface area contributed by atoms with Gasteiger partial charge in [0.15, 0.2) is 0 Å². The maximum atomic E-state index is 12.7. The topological polar surface area (TPSA) is 72.6 Å². The number of nitrogens with two attached hydrogens (primary N) is 1. The number of hydrogen-bond acceptors (Lipinski definition) is 4. The molecule has 0 radical (unpaired) electrons. The molecule has 2 N–H and O–H groups in total. The van der Waals surface area contributed by atoms with Gasteiger partial charge in [0.1, 0.15) is 0 Å². The minimum atomic E-state index is -3.56. The third-order valence-corrected chi connectivity index (χ3v) is 5.80. The van der Waals surface area contributed by atoms with Crippen LogP contribution in [0.1, 0.15) is 12.8 Å². The van der Waals surface area contributed by atoms with Crippen molar-refractivity contribution in [3.05, 3.63) is 29.3 Å². The van der Waals surface area contributed by atoms with Crippen molar-refractivity contribution in [3.63, 3.8) is 0 Å². The Labute approximate surface area is 124 Å². The molecule has 2 rings (SSSR count). The molecule has 0 bridgehead atoms. The molecule has 1 aromatic rings. The van der Waals surface area contributed by atoms with Crippen LogP contribution in [0.25, 0.3) is 0 Å². The fourth-order valence-corrected chi connectivity index (χ4v) is 4.46. The predicted molar refractivity (Wildman–Crippen MR) is 78.2 cm³/mol. The zero-order valence-electron chi connectivity index (χ0n) is 11.3. The van der Waals surface area contributed by atoms with Crippen LogP contribution >= 0.6 is 11.6 Å². The SMILES string of the molecule is COC1CCN(S(=O)(=O)c2cccc(Cl)c2)C(CN)C1. The van der Waals surface area contributed by atoms with Gasteiger partial charge in [-0.15, -0.1) is 0 Å². The Morgan fingerprint density at radius 2 is 2.25 bits per heavy atom. The first-order valence-electron chi connectivity index (χ1n) is 6.49. The number of hydrogen-bond donors (Lipinski definition) is 1. The Kier molecular flexibility index (Phi) is 5.04. The van der Waals surface area contributed by atoms with Crippen LogP contribution in [0.15, 0.2) is 29.2 Å². The highest BCUT2D eigenvalue weighted by atomic mass is 35.5. The second kappa shape index (κ2) is 6.41. The molecule has 20 heavy (non-hydrogen) atoms. The van der Waals surface area contributed by atoms with Crippen LogP contribution < -0.4 is 5.73 Å². The van der Waals surface area contributed by atoms with Crippen molar-refractivity contribution in [1.29, 1.82) is 0 Å². The monoisotopic (exact) mass is 318 g/mol. The zero-order valence-corrected chi connectivity index (χ0v) is 12.9. The molecule has 1 aliphatic heterocycles. The molecule has 5 nitrogen and oxygen atoms in total. The van der Waals surface area contributed by atoms with Crippen molar-refractivity contribution in [2.24, 2.45) is 5.73 Å². The third-order valence-electron chi connectivity index (χ3n) is 3.62. The number of ether oxygens (including phenoxy) is 1. The molecule has 0 saturated carbocycles. The molecule has 0 amide bonds. The van der Waals surface area contributed by atoms with Crippen LogP contribution in [0.4, 0.5) is 0 Å².